The number of ether oxygens (including phenoxy) is 3. The first-order valence-corrected chi connectivity index (χ1v) is 15.8. The number of rotatable bonds is 13. The van der Waals surface area contributed by atoms with E-state index < -0.39 is 15.4 Å². The molecular formula is C31H31ClFN3O5S. The van der Waals surface area contributed by atoms with Gasteiger partial charge < -0.3 is 19.5 Å². The van der Waals surface area contributed by atoms with Crippen molar-refractivity contribution in [3.05, 3.63) is 101 Å². The monoisotopic (exact) mass is 611 g/mol. The minimum Gasteiger partial charge on any atom is -0.488 e. The fraction of sp³-hybridized carbons (Fsp3) is 0.290. The summed E-state index contributed by atoms with van der Waals surface area (Å²) in [5.41, 5.74) is 2.18. The first-order chi connectivity index (χ1) is 20.3. The van der Waals surface area contributed by atoms with Crippen LogP contribution in [0.1, 0.15) is 30.9 Å². The summed E-state index contributed by atoms with van der Waals surface area (Å²) >= 11 is 6.50. The van der Waals surface area contributed by atoms with E-state index in [0.717, 1.165) is 16.5 Å². The second-order valence-electron chi connectivity index (χ2n) is 10.0. The first kappa shape index (κ1) is 29.8. The Morgan fingerprint density at radius 1 is 1.10 bits per heavy atom. The maximum atomic E-state index is 13.5. The fourth-order valence-corrected chi connectivity index (χ4v) is 6.16. The van der Waals surface area contributed by atoms with Crippen LogP contribution in [-0.2, 0) is 31.5 Å². The van der Waals surface area contributed by atoms with Gasteiger partial charge in [-0.15, -0.1) is 0 Å². The maximum Gasteiger partial charge on any atom is 0.160 e. The molecule has 1 atom stereocenters. The average Bonchev–Trinajstić information content (AvgIpc) is 3.45. The number of hydrogen-bond acceptors (Lipinski definition) is 8. The van der Waals surface area contributed by atoms with Gasteiger partial charge >= 0.3 is 0 Å². The molecule has 8 nitrogen and oxygen atoms in total. The molecule has 0 saturated carbocycles. The lowest BCUT2D eigenvalue weighted by atomic mass is 9.91. The Morgan fingerprint density at radius 2 is 1.98 bits per heavy atom. The number of sulfone groups is 1. The van der Waals surface area contributed by atoms with E-state index in [0.29, 0.717) is 40.7 Å². The van der Waals surface area contributed by atoms with Gasteiger partial charge in [0.1, 0.15) is 30.3 Å². The molecule has 220 valence electrons. The van der Waals surface area contributed by atoms with Gasteiger partial charge in [0.2, 0.25) is 0 Å². The van der Waals surface area contributed by atoms with Crippen LogP contribution >= 0.6 is 11.6 Å². The second-order valence-corrected chi connectivity index (χ2v) is 12.7. The molecule has 1 unspecified atom stereocenters. The van der Waals surface area contributed by atoms with Crippen LogP contribution in [0.3, 0.4) is 0 Å². The number of hydrogen-bond donors (Lipinski definition) is 1. The molecule has 1 aliphatic rings. The van der Waals surface area contributed by atoms with Crippen LogP contribution in [0.4, 0.5) is 15.9 Å². The number of nitrogens with zero attached hydrogens (tertiary/aromatic N) is 2. The van der Waals surface area contributed by atoms with Gasteiger partial charge in [0.05, 0.1) is 35.8 Å². The number of benzene rings is 3. The summed E-state index contributed by atoms with van der Waals surface area (Å²) in [7, 11) is -3.14. The first-order valence-electron chi connectivity index (χ1n) is 13.6. The standard InChI is InChI=1S/C31H31ClFN3O5S/c1-2-14-42(37,38)15-13-39-20-31(11-4-12-41-31)23-7-9-28-26(17-23)30(35-21-34-28)36-25-8-10-29(27(32)18-25)40-19-22-5-3-6-24(33)16-22/h3-10,12,16-18,21H,2,11,13-15,19-20H2,1H3,(H,34,35,36). The molecule has 0 amide bonds. The van der Waals surface area contributed by atoms with E-state index in [2.05, 4.69) is 15.3 Å². The van der Waals surface area contributed by atoms with Crippen LogP contribution in [-0.4, -0.2) is 43.1 Å². The molecular weight excluding hydrogens is 581 g/mol. The highest BCUT2D eigenvalue weighted by molar-refractivity contribution is 7.91. The second kappa shape index (κ2) is 13.1. The summed E-state index contributed by atoms with van der Waals surface area (Å²) < 4.78 is 55.3. The number of halogens is 2. The van der Waals surface area contributed by atoms with Crippen molar-refractivity contribution in [2.45, 2.75) is 32.0 Å². The van der Waals surface area contributed by atoms with Gasteiger partial charge in [-0.2, -0.15) is 0 Å². The molecule has 3 aromatic carbocycles. The third-order valence-electron chi connectivity index (χ3n) is 6.87. The van der Waals surface area contributed by atoms with Crippen molar-refractivity contribution in [2.24, 2.45) is 0 Å². The van der Waals surface area contributed by atoms with E-state index in [4.69, 9.17) is 25.8 Å². The van der Waals surface area contributed by atoms with Crippen LogP contribution in [0.15, 0.2) is 79.3 Å². The van der Waals surface area contributed by atoms with Crippen molar-refractivity contribution in [1.82, 2.24) is 9.97 Å². The number of fused-ring (bicyclic) bond motifs is 1. The Bertz CT molecular complexity index is 1690. The van der Waals surface area contributed by atoms with Crippen LogP contribution in [0, 0.1) is 5.82 Å². The van der Waals surface area contributed by atoms with E-state index in [1.54, 1.807) is 30.5 Å². The molecule has 0 fully saturated rings. The fourth-order valence-electron chi connectivity index (χ4n) is 4.72. The lowest BCUT2D eigenvalue weighted by Gasteiger charge is -2.29. The molecule has 1 N–H and O–H groups in total. The molecule has 0 bridgehead atoms. The van der Waals surface area contributed by atoms with Gasteiger partial charge in [0.15, 0.2) is 15.4 Å². The molecule has 1 aliphatic heterocycles. The molecule has 42 heavy (non-hydrogen) atoms. The minimum atomic E-state index is -3.14. The topological polar surface area (TPSA) is 99.6 Å². The van der Waals surface area contributed by atoms with E-state index in [1.165, 1.54) is 18.5 Å². The van der Waals surface area contributed by atoms with Crippen molar-refractivity contribution in [2.75, 3.05) is 30.0 Å². The number of anilines is 2. The molecule has 0 aliphatic carbocycles. The summed E-state index contributed by atoms with van der Waals surface area (Å²) in [6.07, 6.45) is 6.19. The largest absolute Gasteiger partial charge is 0.488 e. The summed E-state index contributed by atoms with van der Waals surface area (Å²) in [6.45, 7) is 2.31. The normalized spacial score (nSPS) is 16.5. The zero-order valence-corrected chi connectivity index (χ0v) is 24.6. The van der Waals surface area contributed by atoms with Crippen LogP contribution in [0.5, 0.6) is 5.75 Å². The molecule has 5 rings (SSSR count). The van der Waals surface area contributed by atoms with Crippen molar-refractivity contribution in [3.63, 3.8) is 0 Å². The third-order valence-corrected chi connectivity index (χ3v) is 8.98. The zero-order valence-electron chi connectivity index (χ0n) is 23.1. The average molecular weight is 612 g/mol. The van der Waals surface area contributed by atoms with Gasteiger partial charge in [0, 0.05) is 23.2 Å². The molecule has 0 saturated heterocycles. The molecule has 0 spiro atoms. The van der Waals surface area contributed by atoms with Gasteiger partial charge in [-0.25, -0.2) is 22.8 Å². The van der Waals surface area contributed by atoms with Crippen molar-refractivity contribution in [3.8, 4) is 5.75 Å². The Morgan fingerprint density at radius 3 is 2.74 bits per heavy atom. The van der Waals surface area contributed by atoms with Crippen molar-refractivity contribution in [1.29, 1.82) is 0 Å². The van der Waals surface area contributed by atoms with Crippen molar-refractivity contribution >= 4 is 43.8 Å². The molecule has 0 radical (unpaired) electrons. The Kier molecular flexibility index (Phi) is 9.25. The van der Waals surface area contributed by atoms with E-state index in [1.807, 2.05) is 37.3 Å². The van der Waals surface area contributed by atoms with Crippen molar-refractivity contribution < 1.29 is 27.0 Å². The number of aromatic nitrogens is 2. The summed E-state index contributed by atoms with van der Waals surface area (Å²) in [6, 6.07) is 17.3. The third kappa shape index (κ3) is 7.18. The highest BCUT2D eigenvalue weighted by Gasteiger charge is 2.36. The SMILES string of the molecule is CCCS(=O)(=O)CCOCC1(c2ccc3ncnc(Nc4ccc(OCc5cccc(F)c5)c(Cl)c4)c3c2)CC=CO1. The maximum absolute atomic E-state index is 13.5. The quantitative estimate of drug-likeness (QED) is 0.166. The number of nitrogens with one attached hydrogen (secondary N) is 1. The molecule has 11 heteroatoms. The van der Waals surface area contributed by atoms with Crippen LogP contribution in [0.25, 0.3) is 10.9 Å². The molecule has 1 aromatic heterocycles. The summed E-state index contributed by atoms with van der Waals surface area (Å²) in [5.74, 6) is 0.835. The van der Waals surface area contributed by atoms with E-state index >= 15 is 0 Å². The highest BCUT2D eigenvalue weighted by Crippen LogP contribution is 2.38. The van der Waals surface area contributed by atoms with Gasteiger partial charge in [-0.3, -0.25) is 0 Å². The van der Waals surface area contributed by atoms with Gasteiger partial charge in [0.25, 0.3) is 0 Å². The summed E-state index contributed by atoms with van der Waals surface area (Å²) in [4.78, 5) is 8.87. The zero-order chi connectivity index (χ0) is 29.6. The Balaban J connectivity index is 1.32. The Hall–Kier alpha value is -3.73. The van der Waals surface area contributed by atoms with Gasteiger partial charge in [-0.1, -0.05) is 36.7 Å². The van der Waals surface area contributed by atoms with Crippen LogP contribution in [0.2, 0.25) is 5.02 Å². The molecule has 2 heterocycles. The smallest absolute Gasteiger partial charge is 0.160 e. The Labute approximate surface area is 249 Å². The molecule has 4 aromatic rings. The lowest BCUT2D eigenvalue weighted by Crippen LogP contribution is -2.32. The summed E-state index contributed by atoms with van der Waals surface area (Å²) in [5, 5.41) is 4.46. The minimum absolute atomic E-state index is 0.0266. The highest BCUT2D eigenvalue weighted by atomic mass is 35.5. The predicted octanol–water partition coefficient (Wildman–Crippen LogP) is 6.72. The van der Waals surface area contributed by atoms with Crippen LogP contribution < -0.4 is 10.1 Å². The van der Waals surface area contributed by atoms with Gasteiger partial charge in [-0.05, 0) is 66.1 Å². The van der Waals surface area contributed by atoms with E-state index in [-0.39, 0.29) is 37.1 Å². The van der Waals surface area contributed by atoms with E-state index in [9.17, 15) is 12.8 Å². The predicted molar refractivity (Wildman–Crippen MR) is 161 cm³/mol. The lowest BCUT2D eigenvalue weighted by molar-refractivity contribution is -0.0418.